The molecule has 1 heterocycles. The van der Waals surface area contributed by atoms with Gasteiger partial charge >= 0.3 is 0 Å². The van der Waals surface area contributed by atoms with Crippen LogP contribution >= 0.6 is 0 Å². The second-order valence-electron chi connectivity index (χ2n) is 16.0. The van der Waals surface area contributed by atoms with Crippen molar-refractivity contribution < 1.29 is 4.74 Å². The first-order chi connectivity index (χ1) is 25.0. The van der Waals surface area contributed by atoms with Gasteiger partial charge in [0.05, 0.1) is 11.7 Å². The highest BCUT2D eigenvalue weighted by molar-refractivity contribution is 5.78. The Morgan fingerprint density at radius 1 is 0.784 bits per heavy atom. The second kappa shape index (κ2) is 12.0. The summed E-state index contributed by atoms with van der Waals surface area (Å²) in [7, 11) is 0. The molecule has 6 atom stereocenters. The highest BCUT2D eigenvalue weighted by Gasteiger charge is 2.53. The third-order valence-electron chi connectivity index (χ3n) is 12.9. The minimum atomic E-state index is -0.147. The first-order valence-corrected chi connectivity index (χ1v) is 19.1. The number of nitrogens with zero attached hydrogens (tertiary/aromatic N) is 1. The van der Waals surface area contributed by atoms with Crippen LogP contribution in [-0.2, 0) is 17.6 Å². The summed E-state index contributed by atoms with van der Waals surface area (Å²) >= 11 is 0. The first kappa shape index (κ1) is 30.8. The summed E-state index contributed by atoms with van der Waals surface area (Å²) in [6, 6.07) is 24.8. The molecular formula is C48H46N2O. The monoisotopic (exact) mass is 666 g/mol. The molecule has 3 aromatic carbocycles. The van der Waals surface area contributed by atoms with Gasteiger partial charge in [-0.3, -0.25) is 0 Å². The molecular weight excluding hydrogens is 621 g/mol. The fourth-order valence-corrected chi connectivity index (χ4v) is 10.2. The lowest BCUT2D eigenvalue weighted by atomic mass is 9.72. The lowest BCUT2D eigenvalue weighted by Crippen LogP contribution is -2.38. The zero-order valence-electron chi connectivity index (χ0n) is 29.6. The van der Waals surface area contributed by atoms with Gasteiger partial charge in [-0.1, -0.05) is 135 Å². The van der Waals surface area contributed by atoms with E-state index in [1.165, 1.54) is 56.0 Å². The number of hydrogen-bond donors (Lipinski definition) is 1. The molecule has 3 heteroatoms. The Bertz CT molecular complexity index is 2140. The number of nitrogens with one attached hydrogen (secondary N) is 1. The summed E-state index contributed by atoms with van der Waals surface area (Å²) < 4.78 is 6.82. The summed E-state index contributed by atoms with van der Waals surface area (Å²) in [6.45, 7) is 4.98. The van der Waals surface area contributed by atoms with Crippen molar-refractivity contribution >= 4 is 23.1 Å². The maximum absolute atomic E-state index is 6.82. The number of rotatable bonds is 5. The van der Waals surface area contributed by atoms with Crippen molar-refractivity contribution in [2.75, 3.05) is 4.90 Å². The molecule has 10 rings (SSSR count). The van der Waals surface area contributed by atoms with Gasteiger partial charge in [0.2, 0.25) is 0 Å². The molecule has 1 saturated carbocycles. The maximum atomic E-state index is 6.82. The largest absolute Gasteiger partial charge is 0.464 e. The Kier molecular flexibility index (Phi) is 7.27. The molecule has 254 valence electrons. The van der Waals surface area contributed by atoms with Crippen molar-refractivity contribution in [3.63, 3.8) is 0 Å². The number of hydrogen-bond acceptors (Lipinski definition) is 3. The quantitative estimate of drug-likeness (QED) is 0.293. The molecule has 0 spiro atoms. The van der Waals surface area contributed by atoms with Gasteiger partial charge < -0.3 is 15.0 Å². The molecule has 3 nitrogen and oxygen atoms in total. The van der Waals surface area contributed by atoms with Gasteiger partial charge in [0.15, 0.2) is 6.23 Å². The summed E-state index contributed by atoms with van der Waals surface area (Å²) in [5.41, 5.74) is 13.3. The van der Waals surface area contributed by atoms with Crippen LogP contribution in [0.3, 0.4) is 0 Å². The normalized spacial score (nSPS) is 28.8. The van der Waals surface area contributed by atoms with Crippen molar-refractivity contribution in [3.05, 3.63) is 178 Å². The molecule has 0 aromatic heterocycles. The van der Waals surface area contributed by atoms with Gasteiger partial charge in [0, 0.05) is 22.5 Å². The SMILES string of the molecule is CC1(C)C2C=CC=CC2C2C=CC(N(c3ccc(C4=CC=CCC4)cc3)C3C=Cc4ccc5c(c4C3)C3=C(CC5)NC(c4ccccc4)O3)=CC21. The molecule has 6 unspecified atom stereocenters. The van der Waals surface area contributed by atoms with E-state index in [4.69, 9.17) is 4.74 Å². The number of ether oxygens (including phenoxy) is 1. The minimum absolute atomic E-state index is 0.147. The van der Waals surface area contributed by atoms with Crippen molar-refractivity contribution in [3.8, 4) is 0 Å². The van der Waals surface area contributed by atoms with Gasteiger partial charge in [-0.25, -0.2) is 0 Å². The zero-order chi connectivity index (χ0) is 34.1. The van der Waals surface area contributed by atoms with Crippen molar-refractivity contribution in [1.82, 2.24) is 5.32 Å². The fourth-order valence-electron chi connectivity index (χ4n) is 10.2. The molecule has 1 N–H and O–H groups in total. The topological polar surface area (TPSA) is 24.5 Å². The molecule has 1 fully saturated rings. The van der Waals surface area contributed by atoms with E-state index in [-0.39, 0.29) is 17.7 Å². The van der Waals surface area contributed by atoms with Gasteiger partial charge in [-0.05, 0) is 107 Å². The van der Waals surface area contributed by atoms with Crippen LogP contribution in [0.2, 0.25) is 0 Å². The Morgan fingerprint density at radius 2 is 1.63 bits per heavy atom. The molecule has 7 aliphatic rings. The van der Waals surface area contributed by atoms with Gasteiger partial charge in [-0.15, -0.1) is 0 Å². The number of anilines is 1. The fraction of sp³-hybridized carbons (Fsp3) is 0.292. The Labute approximate surface area is 302 Å². The van der Waals surface area contributed by atoms with Crippen LogP contribution in [0.1, 0.15) is 72.7 Å². The summed E-state index contributed by atoms with van der Waals surface area (Å²) in [5, 5.41) is 3.74. The average molecular weight is 667 g/mol. The summed E-state index contributed by atoms with van der Waals surface area (Å²) in [5.74, 6) is 3.16. The predicted octanol–water partition coefficient (Wildman–Crippen LogP) is 10.9. The third-order valence-corrected chi connectivity index (χ3v) is 12.9. The van der Waals surface area contributed by atoms with Crippen LogP contribution in [-0.4, -0.2) is 6.04 Å². The maximum Gasteiger partial charge on any atom is 0.196 e. The van der Waals surface area contributed by atoms with Crippen LogP contribution in [0.5, 0.6) is 0 Å². The van der Waals surface area contributed by atoms with E-state index in [9.17, 15) is 0 Å². The van der Waals surface area contributed by atoms with E-state index < -0.39 is 0 Å². The average Bonchev–Trinajstić information content (AvgIpc) is 3.72. The summed E-state index contributed by atoms with van der Waals surface area (Å²) in [4.78, 5) is 2.63. The zero-order valence-corrected chi connectivity index (χ0v) is 29.6. The molecule has 6 aliphatic carbocycles. The van der Waals surface area contributed by atoms with E-state index in [0.717, 1.165) is 37.9 Å². The van der Waals surface area contributed by atoms with Gasteiger partial charge in [-0.2, -0.15) is 0 Å². The van der Waals surface area contributed by atoms with Crippen LogP contribution < -0.4 is 10.2 Å². The molecule has 1 aliphatic heterocycles. The molecule has 3 aromatic rings. The number of aryl methyl sites for hydroxylation is 1. The predicted molar refractivity (Wildman–Crippen MR) is 210 cm³/mol. The summed E-state index contributed by atoms with van der Waals surface area (Å²) in [6.07, 6.45) is 33.6. The standard InChI is InChI=1S/C48H46N2O/c1-48(2)42-16-10-9-15-39(42)40-27-26-38(30-43(40)48)50(36-23-19-32(20-24-36)31-11-5-3-6-12-31)37-25-21-33-17-18-34-22-28-44-46(45(34)41(33)29-37)51-47(49-44)35-13-7-4-8-14-35/h3-5,7-11,13-21,23-27,30,37,39-40,42-43,47,49H,6,12,22,28-29H2,1-2H3. The smallest absolute Gasteiger partial charge is 0.196 e. The number of benzene rings is 3. The van der Waals surface area contributed by atoms with Crippen molar-refractivity contribution in [2.45, 2.75) is 58.2 Å². The van der Waals surface area contributed by atoms with Crippen molar-refractivity contribution in [1.29, 1.82) is 0 Å². The Balaban J connectivity index is 1.04. The van der Waals surface area contributed by atoms with E-state index >= 15 is 0 Å². The second-order valence-corrected chi connectivity index (χ2v) is 16.0. The van der Waals surface area contributed by atoms with E-state index in [1.807, 2.05) is 0 Å². The highest BCUT2D eigenvalue weighted by atomic mass is 16.5. The van der Waals surface area contributed by atoms with Gasteiger partial charge in [0.25, 0.3) is 0 Å². The number of fused-ring (bicyclic) bond motifs is 7. The minimum Gasteiger partial charge on any atom is -0.464 e. The molecule has 0 saturated heterocycles. The molecule has 0 radical (unpaired) electrons. The molecule has 51 heavy (non-hydrogen) atoms. The highest BCUT2D eigenvalue weighted by Crippen LogP contribution is 2.59. The molecule has 0 amide bonds. The van der Waals surface area contributed by atoms with Crippen molar-refractivity contribution in [2.24, 2.45) is 29.1 Å². The van der Waals surface area contributed by atoms with Crippen LogP contribution in [0.15, 0.2) is 145 Å². The van der Waals surface area contributed by atoms with E-state index in [1.54, 1.807) is 0 Å². The van der Waals surface area contributed by atoms with Gasteiger partial charge in [0.1, 0.15) is 5.76 Å². The first-order valence-electron chi connectivity index (χ1n) is 19.1. The van der Waals surface area contributed by atoms with E-state index in [0.29, 0.717) is 23.7 Å². The Morgan fingerprint density at radius 3 is 2.47 bits per heavy atom. The van der Waals surface area contributed by atoms with E-state index in [2.05, 4.69) is 164 Å². The Hall–Kier alpha value is -5.02. The lowest BCUT2D eigenvalue weighted by molar-refractivity contribution is 0.173. The van der Waals surface area contributed by atoms with Crippen LogP contribution in [0.4, 0.5) is 5.69 Å². The van der Waals surface area contributed by atoms with Crippen LogP contribution in [0.25, 0.3) is 17.4 Å². The lowest BCUT2D eigenvalue weighted by Gasteiger charge is -2.39. The number of allylic oxidation sites excluding steroid dienone is 12. The van der Waals surface area contributed by atoms with Crippen LogP contribution in [0, 0.1) is 29.1 Å². The third kappa shape index (κ3) is 5.07. The molecule has 0 bridgehead atoms.